The van der Waals surface area contributed by atoms with Gasteiger partial charge in [-0.05, 0) is 44.8 Å². The number of aliphatic hydroxyl groups is 1. The number of ether oxygens (including phenoxy) is 1. The Balaban J connectivity index is 2.91. The van der Waals surface area contributed by atoms with E-state index in [9.17, 15) is 14.7 Å². The Kier molecular flexibility index (Phi) is 5.83. The van der Waals surface area contributed by atoms with Gasteiger partial charge in [-0.1, -0.05) is 0 Å². The first-order valence-electron chi connectivity index (χ1n) is 5.00. The molecule has 0 aliphatic heterocycles. The van der Waals surface area contributed by atoms with Crippen molar-refractivity contribution in [1.82, 2.24) is 5.32 Å². The highest BCUT2D eigenvalue weighted by Crippen LogP contribution is 2.31. The summed E-state index contributed by atoms with van der Waals surface area (Å²) in [5.41, 5.74) is 0. The van der Waals surface area contributed by atoms with Gasteiger partial charge in [-0.25, -0.2) is 4.79 Å². The zero-order chi connectivity index (χ0) is 13.7. The highest BCUT2D eigenvalue weighted by molar-refractivity contribution is 9.13. The summed E-state index contributed by atoms with van der Waals surface area (Å²) >= 11 is 6.29. The van der Waals surface area contributed by atoms with Crippen LogP contribution in [0.1, 0.15) is 18.8 Å². The zero-order valence-electron chi connectivity index (χ0n) is 9.35. The van der Waals surface area contributed by atoms with Crippen molar-refractivity contribution in [2.24, 2.45) is 0 Å². The van der Waals surface area contributed by atoms with Crippen LogP contribution in [0.3, 0.4) is 0 Å². The predicted octanol–water partition coefficient (Wildman–Crippen LogP) is 1.52. The number of nitrogens with one attached hydrogen (secondary N) is 1. The molecule has 8 heteroatoms. The molecule has 1 heterocycles. The molecule has 1 aromatic rings. The van der Waals surface area contributed by atoms with Crippen LogP contribution in [0.2, 0.25) is 0 Å². The summed E-state index contributed by atoms with van der Waals surface area (Å²) in [6.45, 7) is 1.77. The van der Waals surface area contributed by atoms with Crippen molar-refractivity contribution in [2.75, 3.05) is 6.61 Å². The summed E-state index contributed by atoms with van der Waals surface area (Å²) < 4.78 is 10.9. The molecular formula is C10H11Br2NO5. The molecule has 6 nitrogen and oxygen atoms in total. The molecule has 0 aliphatic rings. The third-order valence-electron chi connectivity index (χ3n) is 2.06. The van der Waals surface area contributed by atoms with Gasteiger partial charge >= 0.3 is 5.97 Å². The average molecular weight is 385 g/mol. The fourth-order valence-corrected chi connectivity index (χ4v) is 1.87. The number of rotatable bonds is 6. The third-order valence-corrected chi connectivity index (χ3v) is 3.77. The van der Waals surface area contributed by atoms with Gasteiger partial charge in [-0.15, -0.1) is 0 Å². The lowest BCUT2D eigenvalue weighted by atomic mass is 10.1. The summed E-state index contributed by atoms with van der Waals surface area (Å²) in [6, 6.07) is 0.278. The van der Waals surface area contributed by atoms with Crippen LogP contribution in [-0.2, 0) is 14.3 Å². The number of aliphatic hydroxyl groups excluding tert-OH is 1. The first-order chi connectivity index (χ1) is 8.51. The highest BCUT2D eigenvalue weighted by atomic mass is 79.9. The van der Waals surface area contributed by atoms with Crippen molar-refractivity contribution >= 4 is 44.2 Å². The van der Waals surface area contributed by atoms with E-state index in [1.807, 2.05) is 0 Å². The first-order valence-corrected chi connectivity index (χ1v) is 6.59. The summed E-state index contributed by atoms with van der Waals surface area (Å²) in [7, 11) is 0. The fourth-order valence-electron chi connectivity index (χ4n) is 1.27. The molecule has 0 saturated carbocycles. The molecule has 0 saturated heterocycles. The summed E-state index contributed by atoms with van der Waals surface area (Å²) in [5.74, 6) is -0.609. The van der Waals surface area contributed by atoms with E-state index in [1.54, 1.807) is 6.92 Å². The van der Waals surface area contributed by atoms with Crippen molar-refractivity contribution in [3.8, 4) is 0 Å². The van der Waals surface area contributed by atoms with E-state index in [2.05, 4.69) is 37.2 Å². The Hall–Kier alpha value is -0.860. The van der Waals surface area contributed by atoms with E-state index in [0.717, 1.165) is 0 Å². The maximum Gasteiger partial charge on any atom is 0.331 e. The lowest BCUT2D eigenvalue weighted by Gasteiger charge is -2.18. The molecule has 1 amide bonds. The van der Waals surface area contributed by atoms with Crippen molar-refractivity contribution in [1.29, 1.82) is 0 Å². The summed E-state index contributed by atoms with van der Waals surface area (Å²) in [4.78, 5) is 22.0. The highest BCUT2D eigenvalue weighted by Gasteiger charge is 2.31. The van der Waals surface area contributed by atoms with Gasteiger partial charge < -0.3 is 19.6 Å². The van der Waals surface area contributed by atoms with E-state index in [1.165, 1.54) is 6.07 Å². The van der Waals surface area contributed by atoms with Gasteiger partial charge in [0.1, 0.15) is 11.9 Å². The van der Waals surface area contributed by atoms with Crippen LogP contribution < -0.4 is 5.32 Å². The number of hydrogen-bond acceptors (Lipinski definition) is 5. The summed E-state index contributed by atoms with van der Waals surface area (Å²) in [6.07, 6.45) is -1.02. The minimum atomic E-state index is -1.34. The molecule has 1 aromatic heterocycles. The van der Waals surface area contributed by atoms with Crippen LogP contribution in [0.4, 0.5) is 0 Å². The lowest BCUT2D eigenvalue weighted by Crippen LogP contribution is -2.42. The number of halogens is 2. The van der Waals surface area contributed by atoms with Gasteiger partial charge in [0.25, 0.3) is 0 Å². The molecular weight excluding hydrogens is 374 g/mol. The van der Waals surface area contributed by atoms with Gasteiger partial charge in [0.15, 0.2) is 10.7 Å². The first kappa shape index (κ1) is 15.2. The van der Waals surface area contributed by atoms with E-state index in [0.29, 0.717) is 15.6 Å². The number of carbonyl (C=O) groups is 2. The molecule has 2 unspecified atom stereocenters. The number of furan rings is 1. The molecule has 0 fully saturated rings. The average Bonchev–Trinajstić information content (AvgIpc) is 2.66. The topological polar surface area (TPSA) is 88.8 Å². The van der Waals surface area contributed by atoms with Crippen LogP contribution >= 0.6 is 31.9 Å². The molecule has 0 bridgehead atoms. The number of amides is 1. The SMILES string of the molecule is CCOC(=O)C(NC=O)C(O)c1cc(Br)c(Br)o1. The van der Waals surface area contributed by atoms with Gasteiger partial charge in [-0.2, -0.15) is 0 Å². The number of hydrogen-bond donors (Lipinski definition) is 2. The Bertz CT molecular complexity index is 414. The van der Waals surface area contributed by atoms with E-state index in [4.69, 9.17) is 9.15 Å². The van der Waals surface area contributed by atoms with Crippen LogP contribution in [0, 0.1) is 0 Å². The van der Waals surface area contributed by atoms with Gasteiger partial charge in [0.05, 0.1) is 11.1 Å². The van der Waals surface area contributed by atoms with E-state index >= 15 is 0 Å². The number of carbonyl (C=O) groups excluding carboxylic acids is 2. The monoisotopic (exact) mass is 383 g/mol. The Morgan fingerprint density at radius 3 is 2.78 bits per heavy atom. The molecule has 100 valence electrons. The van der Waals surface area contributed by atoms with Crippen LogP contribution in [0.15, 0.2) is 19.6 Å². The standard InChI is InChI=1S/C10H11Br2NO5/c1-2-17-10(16)7(13-4-14)8(15)6-3-5(11)9(12)18-6/h3-4,7-8,15H,2H2,1H3,(H,13,14). The molecule has 2 atom stereocenters. The second-order valence-corrected chi connectivity index (χ2v) is 4.80. The largest absolute Gasteiger partial charge is 0.464 e. The summed E-state index contributed by atoms with van der Waals surface area (Å²) in [5, 5.41) is 12.2. The lowest BCUT2D eigenvalue weighted by molar-refractivity contribution is -0.150. The third kappa shape index (κ3) is 3.56. The molecule has 2 N–H and O–H groups in total. The van der Waals surface area contributed by atoms with Crippen molar-refractivity contribution < 1.29 is 23.8 Å². The van der Waals surface area contributed by atoms with Crippen molar-refractivity contribution in [3.63, 3.8) is 0 Å². The molecule has 18 heavy (non-hydrogen) atoms. The molecule has 0 aliphatic carbocycles. The molecule has 0 spiro atoms. The molecule has 0 radical (unpaired) electrons. The number of esters is 1. The quantitative estimate of drug-likeness (QED) is 0.573. The van der Waals surface area contributed by atoms with E-state index in [-0.39, 0.29) is 12.4 Å². The van der Waals surface area contributed by atoms with Gasteiger partial charge in [0.2, 0.25) is 6.41 Å². The Labute approximate surface area is 120 Å². The molecule has 1 rings (SSSR count). The second kappa shape index (κ2) is 6.91. The predicted molar refractivity (Wildman–Crippen MR) is 68.7 cm³/mol. The minimum Gasteiger partial charge on any atom is -0.464 e. The fraction of sp³-hybridized carbons (Fsp3) is 0.400. The maximum atomic E-state index is 11.6. The Morgan fingerprint density at radius 2 is 2.33 bits per heavy atom. The minimum absolute atomic E-state index is 0.126. The van der Waals surface area contributed by atoms with Crippen molar-refractivity contribution in [2.45, 2.75) is 19.1 Å². The molecule has 0 aromatic carbocycles. The van der Waals surface area contributed by atoms with E-state index < -0.39 is 18.1 Å². The van der Waals surface area contributed by atoms with Crippen LogP contribution in [0.25, 0.3) is 0 Å². The van der Waals surface area contributed by atoms with Gasteiger partial charge in [0, 0.05) is 0 Å². The zero-order valence-corrected chi connectivity index (χ0v) is 12.5. The van der Waals surface area contributed by atoms with Crippen LogP contribution in [0.5, 0.6) is 0 Å². The second-order valence-electron chi connectivity index (χ2n) is 3.23. The maximum absolute atomic E-state index is 11.6. The van der Waals surface area contributed by atoms with Crippen molar-refractivity contribution in [3.05, 3.63) is 21.0 Å². The Morgan fingerprint density at radius 1 is 1.67 bits per heavy atom. The van der Waals surface area contributed by atoms with Gasteiger partial charge in [-0.3, -0.25) is 4.79 Å². The normalized spacial score (nSPS) is 13.8. The van der Waals surface area contributed by atoms with Crippen LogP contribution in [-0.4, -0.2) is 30.1 Å². The smallest absolute Gasteiger partial charge is 0.331 e.